The van der Waals surface area contributed by atoms with Crippen molar-refractivity contribution >= 4 is 0 Å². The molecule has 0 fully saturated rings. The Morgan fingerprint density at radius 1 is 1.33 bits per heavy atom. The quantitative estimate of drug-likeness (QED) is 0.869. The third-order valence-corrected chi connectivity index (χ3v) is 2.81. The Kier molecular flexibility index (Phi) is 4.04. The Morgan fingerprint density at radius 2 is 2.17 bits per heavy atom. The average Bonchev–Trinajstić information content (AvgIpc) is 2.77. The van der Waals surface area contributed by atoms with E-state index in [1.54, 1.807) is 6.20 Å². The highest BCUT2D eigenvalue weighted by atomic mass is 15.1. The van der Waals surface area contributed by atoms with Crippen LogP contribution in [0, 0.1) is 6.92 Å². The molecule has 0 radical (unpaired) electrons. The van der Waals surface area contributed by atoms with E-state index in [-0.39, 0.29) is 6.04 Å². The third kappa shape index (κ3) is 2.73. The van der Waals surface area contributed by atoms with E-state index >= 15 is 0 Å². The summed E-state index contributed by atoms with van der Waals surface area (Å²) in [5.74, 6) is 1.76. The summed E-state index contributed by atoms with van der Waals surface area (Å²) >= 11 is 0. The first kappa shape index (κ1) is 12.7. The summed E-state index contributed by atoms with van der Waals surface area (Å²) in [4.78, 5) is 13.1. The van der Waals surface area contributed by atoms with Crippen LogP contribution in [0.15, 0.2) is 24.7 Å². The molecule has 1 unspecified atom stereocenters. The monoisotopic (exact) mass is 245 g/mol. The van der Waals surface area contributed by atoms with Crippen LogP contribution in [-0.4, -0.2) is 26.1 Å². The van der Waals surface area contributed by atoms with Crippen LogP contribution in [0.3, 0.4) is 0 Å². The predicted molar refractivity (Wildman–Crippen MR) is 70.1 cm³/mol. The molecule has 1 N–H and O–H groups in total. The fourth-order valence-electron chi connectivity index (χ4n) is 1.91. The molecule has 5 heteroatoms. The topological polar surface area (TPSA) is 55.6 Å². The van der Waals surface area contributed by atoms with Crippen LogP contribution in [-0.2, 0) is 7.05 Å². The molecular formula is C13H19N5. The van der Waals surface area contributed by atoms with Crippen molar-refractivity contribution in [3.05, 3.63) is 42.0 Å². The Balaban J connectivity index is 2.33. The van der Waals surface area contributed by atoms with Crippen LogP contribution < -0.4 is 5.32 Å². The molecule has 2 aromatic rings. The summed E-state index contributed by atoms with van der Waals surface area (Å²) in [5.41, 5.74) is 0.963. The molecule has 0 saturated carbocycles. The molecular weight excluding hydrogens is 226 g/mol. The van der Waals surface area contributed by atoms with E-state index in [9.17, 15) is 0 Å². The van der Waals surface area contributed by atoms with Crippen molar-refractivity contribution in [1.29, 1.82) is 0 Å². The van der Waals surface area contributed by atoms with Crippen molar-refractivity contribution < 1.29 is 0 Å². The van der Waals surface area contributed by atoms with Gasteiger partial charge in [0.2, 0.25) is 0 Å². The molecule has 18 heavy (non-hydrogen) atoms. The lowest BCUT2D eigenvalue weighted by atomic mass is 10.1. The highest BCUT2D eigenvalue weighted by Crippen LogP contribution is 2.18. The zero-order chi connectivity index (χ0) is 13.0. The number of aromatic nitrogens is 4. The molecule has 2 heterocycles. The Hall–Kier alpha value is -1.75. The molecule has 2 aromatic heterocycles. The average molecular weight is 245 g/mol. The van der Waals surface area contributed by atoms with Gasteiger partial charge in [-0.3, -0.25) is 0 Å². The minimum atomic E-state index is 0.0200. The van der Waals surface area contributed by atoms with Crippen LogP contribution in [0.25, 0.3) is 0 Å². The lowest BCUT2D eigenvalue weighted by molar-refractivity contribution is 0.542. The van der Waals surface area contributed by atoms with Gasteiger partial charge >= 0.3 is 0 Å². The highest BCUT2D eigenvalue weighted by molar-refractivity contribution is 5.17. The van der Waals surface area contributed by atoms with Gasteiger partial charge in [-0.1, -0.05) is 6.92 Å². The van der Waals surface area contributed by atoms with Crippen LogP contribution in [0.5, 0.6) is 0 Å². The van der Waals surface area contributed by atoms with Gasteiger partial charge in [0.05, 0.1) is 5.69 Å². The summed E-state index contributed by atoms with van der Waals surface area (Å²) in [6.07, 6.45) is 6.63. The van der Waals surface area contributed by atoms with E-state index in [2.05, 4.69) is 27.2 Å². The van der Waals surface area contributed by atoms with Crippen molar-refractivity contribution in [3.8, 4) is 0 Å². The second-order valence-electron chi connectivity index (χ2n) is 4.31. The van der Waals surface area contributed by atoms with Gasteiger partial charge < -0.3 is 9.88 Å². The summed E-state index contributed by atoms with van der Waals surface area (Å²) in [5, 5.41) is 3.48. The van der Waals surface area contributed by atoms with E-state index in [1.807, 2.05) is 37.0 Å². The molecule has 2 rings (SSSR count). The lowest BCUT2D eigenvalue weighted by Crippen LogP contribution is -2.26. The SMILES string of the molecule is CCCNC(c1ccnc(C)n1)c1nccn1C. The Morgan fingerprint density at radius 3 is 2.78 bits per heavy atom. The number of hydrogen-bond acceptors (Lipinski definition) is 4. The maximum atomic E-state index is 4.50. The summed E-state index contributed by atoms with van der Waals surface area (Å²) in [6, 6.07) is 1.96. The molecule has 0 amide bonds. The van der Waals surface area contributed by atoms with E-state index in [4.69, 9.17) is 0 Å². The van der Waals surface area contributed by atoms with E-state index in [1.165, 1.54) is 0 Å². The summed E-state index contributed by atoms with van der Waals surface area (Å²) in [7, 11) is 2.00. The molecule has 0 aliphatic carbocycles. The van der Waals surface area contributed by atoms with Crippen molar-refractivity contribution in [2.75, 3.05) is 6.54 Å². The van der Waals surface area contributed by atoms with Crippen molar-refractivity contribution in [2.24, 2.45) is 7.05 Å². The number of imidazole rings is 1. The molecule has 1 atom stereocenters. The highest BCUT2D eigenvalue weighted by Gasteiger charge is 2.18. The number of rotatable bonds is 5. The van der Waals surface area contributed by atoms with Gasteiger partial charge in [0.15, 0.2) is 0 Å². The number of nitrogens with one attached hydrogen (secondary N) is 1. The van der Waals surface area contributed by atoms with Gasteiger partial charge in [0, 0.05) is 25.6 Å². The van der Waals surface area contributed by atoms with Crippen molar-refractivity contribution in [2.45, 2.75) is 26.3 Å². The van der Waals surface area contributed by atoms with Gasteiger partial charge in [-0.2, -0.15) is 0 Å². The molecule has 96 valence electrons. The number of hydrogen-bond donors (Lipinski definition) is 1. The maximum absolute atomic E-state index is 4.50. The fourth-order valence-corrected chi connectivity index (χ4v) is 1.91. The largest absolute Gasteiger partial charge is 0.336 e. The molecule has 0 bridgehead atoms. The number of aryl methyl sites for hydroxylation is 2. The first-order valence-electron chi connectivity index (χ1n) is 6.22. The molecule has 0 aromatic carbocycles. The first-order chi connectivity index (χ1) is 8.72. The second kappa shape index (κ2) is 5.73. The molecule has 0 aliphatic heterocycles. The van der Waals surface area contributed by atoms with Crippen LogP contribution in [0.1, 0.15) is 36.7 Å². The van der Waals surface area contributed by atoms with Crippen LogP contribution >= 0.6 is 0 Å². The lowest BCUT2D eigenvalue weighted by Gasteiger charge is -2.17. The molecule has 0 saturated heterocycles. The molecule has 0 aliphatic rings. The van der Waals surface area contributed by atoms with Gasteiger partial charge in [0.1, 0.15) is 17.7 Å². The number of nitrogens with zero attached hydrogens (tertiary/aromatic N) is 4. The minimum absolute atomic E-state index is 0.0200. The third-order valence-electron chi connectivity index (χ3n) is 2.81. The second-order valence-corrected chi connectivity index (χ2v) is 4.31. The smallest absolute Gasteiger partial charge is 0.131 e. The van der Waals surface area contributed by atoms with Crippen LogP contribution in [0.4, 0.5) is 0 Å². The summed E-state index contributed by atoms with van der Waals surface area (Å²) in [6.45, 7) is 4.98. The zero-order valence-corrected chi connectivity index (χ0v) is 11.1. The van der Waals surface area contributed by atoms with E-state index in [0.717, 1.165) is 30.3 Å². The standard InChI is InChI=1S/C13H19N5/c1-4-6-15-12(13-16-8-9-18(13)3)11-5-7-14-10(2)17-11/h5,7-9,12,15H,4,6H2,1-3H3. The Labute approximate surface area is 107 Å². The predicted octanol–water partition coefficient (Wildman–Crippen LogP) is 1.61. The van der Waals surface area contributed by atoms with Gasteiger partial charge in [-0.05, 0) is 26.0 Å². The fraction of sp³-hybridized carbons (Fsp3) is 0.462. The maximum Gasteiger partial charge on any atom is 0.131 e. The van der Waals surface area contributed by atoms with Gasteiger partial charge in [-0.15, -0.1) is 0 Å². The van der Waals surface area contributed by atoms with Gasteiger partial charge in [-0.25, -0.2) is 15.0 Å². The van der Waals surface area contributed by atoms with E-state index < -0.39 is 0 Å². The first-order valence-corrected chi connectivity index (χ1v) is 6.22. The van der Waals surface area contributed by atoms with Gasteiger partial charge in [0.25, 0.3) is 0 Å². The van der Waals surface area contributed by atoms with Crippen LogP contribution in [0.2, 0.25) is 0 Å². The summed E-state index contributed by atoms with van der Waals surface area (Å²) < 4.78 is 2.02. The van der Waals surface area contributed by atoms with Crippen molar-refractivity contribution in [1.82, 2.24) is 24.8 Å². The molecule has 5 nitrogen and oxygen atoms in total. The van der Waals surface area contributed by atoms with E-state index in [0.29, 0.717) is 0 Å². The minimum Gasteiger partial charge on any atom is -0.336 e. The van der Waals surface area contributed by atoms with Crippen molar-refractivity contribution in [3.63, 3.8) is 0 Å². The molecule has 0 spiro atoms. The Bertz CT molecular complexity index is 506. The normalized spacial score (nSPS) is 12.6. The zero-order valence-electron chi connectivity index (χ0n) is 11.1.